The van der Waals surface area contributed by atoms with Crippen LogP contribution in [0.25, 0.3) is 22.2 Å². The number of para-hydroxylation sites is 1. The summed E-state index contributed by atoms with van der Waals surface area (Å²) in [6, 6.07) is 13.5. The monoisotopic (exact) mass is 428 g/mol. The Hall–Kier alpha value is -2.84. The quantitative estimate of drug-likeness (QED) is 0.626. The number of hydrogen-bond donors (Lipinski definition) is 2. The molecule has 0 saturated heterocycles. The molecule has 2 aromatic carbocycles. The lowest BCUT2D eigenvalue weighted by Crippen LogP contribution is -2.36. The topological polar surface area (TPSA) is 97.6 Å². The van der Waals surface area contributed by atoms with Crippen molar-refractivity contribution in [3.8, 4) is 17.0 Å². The summed E-state index contributed by atoms with van der Waals surface area (Å²) in [5, 5.41) is 10.5. The van der Waals surface area contributed by atoms with Crippen molar-refractivity contribution in [3.63, 3.8) is 0 Å². The Morgan fingerprint density at radius 2 is 1.83 bits per heavy atom. The first-order valence-electron chi connectivity index (χ1n) is 9.95. The Labute approximate surface area is 175 Å². The third kappa shape index (κ3) is 3.80. The second-order valence-electron chi connectivity index (χ2n) is 7.53. The fourth-order valence-corrected chi connectivity index (χ4v) is 5.62. The number of hydrogen-bond acceptors (Lipinski definition) is 4. The van der Waals surface area contributed by atoms with Gasteiger partial charge in [0.25, 0.3) is 0 Å². The minimum atomic E-state index is -3.83. The standard InChI is InChI=1S/C22H24N2O5S/c1-29-20-12-11-16(14-21(20)30(27,28)23-17-8-3-2-4-9-17)19-13-15-7-5-6-10-18(15)24(19)22(25)26/h5-7,10-14,17,23H,2-4,8-9H2,1H3,(H,25,26). The molecule has 1 aromatic heterocycles. The van der Waals surface area contributed by atoms with Crippen molar-refractivity contribution in [3.05, 3.63) is 48.5 Å². The Bertz CT molecular complexity index is 1190. The number of benzene rings is 2. The second-order valence-corrected chi connectivity index (χ2v) is 9.21. The van der Waals surface area contributed by atoms with Crippen LogP contribution in [0.15, 0.2) is 53.4 Å². The number of carbonyl (C=O) groups is 1. The molecule has 1 fully saturated rings. The normalized spacial score (nSPS) is 15.4. The summed E-state index contributed by atoms with van der Waals surface area (Å²) in [4.78, 5) is 12.0. The third-order valence-electron chi connectivity index (χ3n) is 5.58. The summed E-state index contributed by atoms with van der Waals surface area (Å²) >= 11 is 0. The van der Waals surface area contributed by atoms with E-state index < -0.39 is 16.1 Å². The van der Waals surface area contributed by atoms with Crippen LogP contribution in [-0.4, -0.2) is 37.3 Å². The van der Waals surface area contributed by atoms with Crippen LogP contribution >= 0.6 is 0 Å². The van der Waals surface area contributed by atoms with E-state index in [0.29, 0.717) is 16.8 Å². The van der Waals surface area contributed by atoms with Gasteiger partial charge in [-0.05, 0) is 43.2 Å². The first-order valence-corrected chi connectivity index (χ1v) is 11.4. The van der Waals surface area contributed by atoms with E-state index in [1.54, 1.807) is 30.3 Å². The Morgan fingerprint density at radius 3 is 2.53 bits per heavy atom. The molecule has 0 bridgehead atoms. The molecule has 7 nitrogen and oxygen atoms in total. The van der Waals surface area contributed by atoms with Crippen molar-refractivity contribution >= 4 is 27.0 Å². The number of nitrogens with zero attached hydrogens (tertiary/aromatic N) is 1. The van der Waals surface area contributed by atoms with E-state index in [-0.39, 0.29) is 16.7 Å². The maximum Gasteiger partial charge on any atom is 0.416 e. The van der Waals surface area contributed by atoms with Crippen LogP contribution in [0.1, 0.15) is 32.1 Å². The molecule has 1 aliphatic rings. The van der Waals surface area contributed by atoms with Gasteiger partial charge in [-0.1, -0.05) is 37.5 Å². The molecule has 1 heterocycles. The van der Waals surface area contributed by atoms with Gasteiger partial charge < -0.3 is 9.84 Å². The predicted octanol–water partition coefficient (Wildman–Crippen LogP) is 4.45. The van der Waals surface area contributed by atoms with Gasteiger partial charge in [0, 0.05) is 17.0 Å². The molecule has 0 atom stereocenters. The molecule has 0 unspecified atom stereocenters. The van der Waals surface area contributed by atoms with Gasteiger partial charge in [-0.3, -0.25) is 0 Å². The maximum atomic E-state index is 13.1. The van der Waals surface area contributed by atoms with E-state index in [4.69, 9.17) is 4.74 Å². The number of rotatable bonds is 5. The van der Waals surface area contributed by atoms with Crippen LogP contribution in [-0.2, 0) is 10.0 Å². The van der Waals surface area contributed by atoms with Gasteiger partial charge in [0.15, 0.2) is 0 Å². The van der Waals surface area contributed by atoms with Crippen molar-refractivity contribution in [2.24, 2.45) is 0 Å². The summed E-state index contributed by atoms with van der Waals surface area (Å²) in [6.45, 7) is 0. The van der Waals surface area contributed by atoms with Crippen molar-refractivity contribution in [2.45, 2.75) is 43.0 Å². The first-order chi connectivity index (χ1) is 14.4. The fraction of sp³-hybridized carbons (Fsp3) is 0.318. The molecule has 158 valence electrons. The molecular weight excluding hydrogens is 404 g/mol. The molecule has 0 aliphatic heterocycles. The zero-order valence-corrected chi connectivity index (χ0v) is 17.5. The molecule has 3 aromatic rings. The molecule has 8 heteroatoms. The number of carboxylic acid groups (broad SMARTS) is 1. The summed E-state index contributed by atoms with van der Waals surface area (Å²) < 4.78 is 35.6. The van der Waals surface area contributed by atoms with Crippen LogP contribution in [0.4, 0.5) is 4.79 Å². The largest absolute Gasteiger partial charge is 0.495 e. The number of ether oxygens (including phenoxy) is 1. The van der Waals surface area contributed by atoms with Crippen LogP contribution in [0.2, 0.25) is 0 Å². The zero-order chi connectivity index (χ0) is 21.3. The minimum absolute atomic E-state index is 0.00951. The van der Waals surface area contributed by atoms with E-state index in [1.165, 1.54) is 17.7 Å². The van der Waals surface area contributed by atoms with Crippen molar-refractivity contribution < 1.29 is 23.1 Å². The average Bonchev–Trinajstić information content (AvgIpc) is 3.13. The highest BCUT2D eigenvalue weighted by Gasteiger charge is 2.26. The molecule has 2 N–H and O–H groups in total. The number of nitrogens with one attached hydrogen (secondary N) is 1. The van der Waals surface area contributed by atoms with E-state index in [1.807, 2.05) is 12.1 Å². The van der Waals surface area contributed by atoms with Crippen LogP contribution in [0.3, 0.4) is 0 Å². The molecule has 0 amide bonds. The van der Waals surface area contributed by atoms with E-state index >= 15 is 0 Å². The molecule has 30 heavy (non-hydrogen) atoms. The van der Waals surface area contributed by atoms with E-state index in [9.17, 15) is 18.3 Å². The number of aromatic nitrogens is 1. The number of fused-ring (bicyclic) bond motifs is 1. The highest BCUT2D eigenvalue weighted by atomic mass is 32.2. The summed E-state index contributed by atoms with van der Waals surface area (Å²) in [6.07, 6.45) is 3.62. The summed E-state index contributed by atoms with van der Waals surface area (Å²) in [5.74, 6) is 0.222. The Morgan fingerprint density at radius 1 is 1.10 bits per heavy atom. The van der Waals surface area contributed by atoms with Gasteiger partial charge in [0.1, 0.15) is 10.6 Å². The minimum Gasteiger partial charge on any atom is -0.495 e. The molecule has 0 radical (unpaired) electrons. The predicted molar refractivity (Wildman–Crippen MR) is 115 cm³/mol. The first kappa shape index (κ1) is 20.4. The summed E-state index contributed by atoms with van der Waals surface area (Å²) in [7, 11) is -2.41. The third-order valence-corrected chi connectivity index (χ3v) is 7.12. The van der Waals surface area contributed by atoms with Crippen molar-refractivity contribution in [1.29, 1.82) is 0 Å². The van der Waals surface area contributed by atoms with E-state index in [0.717, 1.165) is 37.5 Å². The average molecular weight is 429 g/mol. The highest BCUT2D eigenvalue weighted by molar-refractivity contribution is 7.89. The van der Waals surface area contributed by atoms with Crippen molar-refractivity contribution in [1.82, 2.24) is 9.29 Å². The molecule has 1 aliphatic carbocycles. The van der Waals surface area contributed by atoms with Crippen LogP contribution in [0.5, 0.6) is 5.75 Å². The lowest BCUT2D eigenvalue weighted by atomic mass is 9.96. The van der Waals surface area contributed by atoms with Gasteiger partial charge in [-0.15, -0.1) is 0 Å². The van der Waals surface area contributed by atoms with Gasteiger partial charge in [-0.2, -0.15) is 0 Å². The number of methoxy groups -OCH3 is 1. The van der Waals surface area contributed by atoms with Gasteiger partial charge in [0.2, 0.25) is 10.0 Å². The Balaban J connectivity index is 1.81. The van der Waals surface area contributed by atoms with Gasteiger partial charge in [-0.25, -0.2) is 22.5 Å². The SMILES string of the molecule is COc1ccc(-c2cc3ccccc3n2C(=O)O)cc1S(=O)(=O)NC1CCCCC1. The summed E-state index contributed by atoms with van der Waals surface area (Å²) in [5.41, 5.74) is 1.43. The van der Waals surface area contributed by atoms with Crippen molar-refractivity contribution in [2.75, 3.05) is 7.11 Å². The molecule has 4 rings (SSSR count). The Kier molecular flexibility index (Phi) is 5.53. The number of sulfonamides is 1. The molecule has 0 spiro atoms. The van der Waals surface area contributed by atoms with Crippen LogP contribution < -0.4 is 9.46 Å². The highest BCUT2D eigenvalue weighted by Crippen LogP contribution is 2.33. The molecule has 1 saturated carbocycles. The second kappa shape index (κ2) is 8.12. The van der Waals surface area contributed by atoms with Gasteiger partial charge >= 0.3 is 6.09 Å². The van der Waals surface area contributed by atoms with Crippen LogP contribution in [0, 0.1) is 0 Å². The zero-order valence-electron chi connectivity index (χ0n) is 16.7. The van der Waals surface area contributed by atoms with E-state index in [2.05, 4.69) is 4.72 Å². The maximum absolute atomic E-state index is 13.1. The smallest absolute Gasteiger partial charge is 0.416 e. The molecular formula is C22H24N2O5S. The fourth-order valence-electron chi connectivity index (χ4n) is 4.12. The lowest BCUT2D eigenvalue weighted by molar-refractivity contribution is 0.198. The van der Waals surface area contributed by atoms with Gasteiger partial charge in [0.05, 0.1) is 18.3 Å². The lowest BCUT2D eigenvalue weighted by Gasteiger charge is -2.23.